The van der Waals surface area contributed by atoms with Crippen molar-refractivity contribution in [3.63, 3.8) is 0 Å². The molecule has 84 valence electrons. The summed E-state index contributed by atoms with van der Waals surface area (Å²) in [6.45, 7) is 4.94. The van der Waals surface area contributed by atoms with E-state index in [0.29, 0.717) is 5.56 Å². The highest BCUT2D eigenvalue weighted by atomic mass is 32.2. The lowest BCUT2D eigenvalue weighted by molar-refractivity contribution is 0.0783. The predicted octanol–water partition coefficient (Wildman–Crippen LogP) is 0.870. The first-order valence-electron chi connectivity index (χ1n) is 4.48. The molecular weight excluding hydrogens is 214 g/mol. The monoisotopic (exact) mass is 229 g/mol. The number of aliphatic hydroxyl groups is 1. The van der Waals surface area contributed by atoms with E-state index in [2.05, 4.69) is 0 Å². The van der Waals surface area contributed by atoms with Crippen molar-refractivity contribution in [2.45, 2.75) is 31.3 Å². The van der Waals surface area contributed by atoms with E-state index in [0.717, 1.165) is 5.56 Å². The quantitative estimate of drug-likeness (QED) is 0.789. The molecule has 4 nitrogen and oxygen atoms in total. The van der Waals surface area contributed by atoms with Gasteiger partial charge in [-0.15, -0.1) is 0 Å². The van der Waals surface area contributed by atoms with Gasteiger partial charge >= 0.3 is 0 Å². The van der Waals surface area contributed by atoms with E-state index < -0.39 is 15.6 Å². The summed E-state index contributed by atoms with van der Waals surface area (Å²) in [5.74, 6) is 0. The topological polar surface area (TPSA) is 80.4 Å². The first kappa shape index (κ1) is 12.2. The van der Waals surface area contributed by atoms with E-state index in [9.17, 15) is 13.5 Å². The Morgan fingerprint density at radius 3 is 2.20 bits per heavy atom. The molecule has 5 heteroatoms. The average Bonchev–Trinajstić information content (AvgIpc) is 1.99. The maximum Gasteiger partial charge on any atom is 0.238 e. The molecule has 0 radical (unpaired) electrons. The third-order valence-corrected chi connectivity index (χ3v) is 2.98. The molecule has 3 N–H and O–H groups in total. The highest BCUT2D eigenvalue weighted by Crippen LogP contribution is 2.23. The Bertz CT molecular complexity index is 472. The van der Waals surface area contributed by atoms with E-state index in [1.54, 1.807) is 26.8 Å². The van der Waals surface area contributed by atoms with Crippen LogP contribution in [-0.2, 0) is 15.6 Å². The second kappa shape index (κ2) is 3.59. The Kier molecular flexibility index (Phi) is 2.91. The lowest BCUT2D eigenvalue weighted by Crippen LogP contribution is -2.18. The molecule has 0 aromatic heterocycles. The summed E-state index contributed by atoms with van der Waals surface area (Å²) in [5.41, 5.74) is 0.205. The maximum absolute atomic E-state index is 11.2. The van der Waals surface area contributed by atoms with Gasteiger partial charge < -0.3 is 5.11 Å². The van der Waals surface area contributed by atoms with Crippen LogP contribution in [-0.4, -0.2) is 13.5 Å². The van der Waals surface area contributed by atoms with Crippen LogP contribution in [0.4, 0.5) is 0 Å². The number of sulfonamides is 1. The van der Waals surface area contributed by atoms with Gasteiger partial charge in [0.05, 0.1) is 10.5 Å². The fourth-order valence-corrected chi connectivity index (χ4v) is 1.91. The molecule has 0 heterocycles. The molecule has 1 rings (SSSR count). The van der Waals surface area contributed by atoms with Crippen LogP contribution in [0.25, 0.3) is 0 Å². The summed E-state index contributed by atoms with van der Waals surface area (Å²) in [6.07, 6.45) is 0. The normalized spacial score (nSPS) is 12.9. The van der Waals surface area contributed by atoms with Crippen LogP contribution in [0.2, 0.25) is 0 Å². The average molecular weight is 229 g/mol. The number of benzene rings is 1. The molecule has 0 bridgehead atoms. The SMILES string of the molecule is Cc1cc(C(C)(C)O)cc(S(N)(=O)=O)c1. The molecule has 0 saturated carbocycles. The van der Waals surface area contributed by atoms with Gasteiger partial charge in [0.25, 0.3) is 0 Å². The van der Waals surface area contributed by atoms with Gasteiger partial charge in [0.1, 0.15) is 0 Å². The number of aryl methyl sites for hydroxylation is 1. The second-order valence-electron chi connectivity index (χ2n) is 4.14. The van der Waals surface area contributed by atoms with Crippen molar-refractivity contribution in [2.24, 2.45) is 5.14 Å². The van der Waals surface area contributed by atoms with Crippen molar-refractivity contribution in [2.75, 3.05) is 0 Å². The largest absolute Gasteiger partial charge is 0.386 e. The van der Waals surface area contributed by atoms with Crippen LogP contribution < -0.4 is 5.14 Å². The molecule has 0 amide bonds. The van der Waals surface area contributed by atoms with Gasteiger partial charge in [-0.2, -0.15) is 0 Å². The summed E-state index contributed by atoms with van der Waals surface area (Å²) < 4.78 is 22.3. The van der Waals surface area contributed by atoms with Crippen LogP contribution in [0.5, 0.6) is 0 Å². The van der Waals surface area contributed by atoms with E-state index in [1.807, 2.05) is 0 Å². The second-order valence-corrected chi connectivity index (χ2v) is 5.70. The standard InChI is InChI=1S/C10H15NO3S/c1-7-4-8(10(2,3)12)6-9(5-7)15(11,13)14/h4-6,12H,1-3H3,(H2,11,13,14). The fraction of sp³-hybridized carbons (Fsp3) is 0.400. The Morgan fingerprint density at radius 1 is 1.27 bits per heavy atom. The molecule has 0 aliphatic carbocycles. The van der Waals surface area contributed by atoms with Crippen LogP contribution in [0.3, 0.4) is 0 Å². The molecule has 0 aliphatic heterocycles. The molecule has 1 aromatic carbocycles. The van der Waals surface area contributed by atoms with E-state index in [-0.39, 0.29) is 4.90 Å². The summed E-state index contributed by atoms with van der Waals surface area (Å²) >= 11 is 0. The Morgan fingerprint density at radius 2 is 1.80 bits per heavy atom. The zero-order valence-electron chi connectivity index (χ0n) is 8.98. The Labute approximate surface area is 89.8 Å². The van der Waals surface area contributed by atoms with Crippen LogP contribution >= 0.6 is 0 Å². The van der Waals surface area contributed by atoms with Gasteiger partial charge in [0.2, 0.25) is 10.0 Å². The molecule has 0 fully saturated rings. The van der Waals surface area contributed by atoms with Crippen molar-refractivity contribution < 1.29 is 13.5 Å². The van der Waals surface area contributed by atoms with Crippen molar-refractivity contribution in [3.05, 3.63) is 29.3 Å². The lowest BCUT2D eigenvalue weighted by Gasteiger charge is -2.19. The minimum atomic E-state index is -3.72. The van der Waals surface area contributed by atoms with Gasteiger partial charge in [-0.25, -0.2) is 13.6 Å². The summed E-state index contributed by atoms with van der Waals surface area (Å²) in [4.78, 5) is 0.0274. The van der Waals surface area contributed by atoms with E-state index in [4.69, 9.17) is 5.14 Å². The minimum absolute atomic E-state index is 0.0274. The molecule has 0 unspecified atom stereocenters. The molecule has 0 atom stereocenters. The fourth-order valence-electron chi connectivity index (χ4n) is 1.27. The zero-order chi connectivity index (χ0) is 11.9. The molecular formula is C10H15NO3S. The first-order chi connectivity index (χ1) is 6.60. The molecule has 0 aliphatic rings. The summed E-state index contributed by atoms with van der Waals surface area (Å²) in [6, 6.07) is 4.60. The van der Waals surface area contributed by atoms with Crippen LogP contribution in [0.1, 0.15) is 25.0 Å². The third kappa shape index (κ3) is 3.02. The smallest absolute Gasteiger partial charge is 0.238 e. The van der Waals surface area contributed by atoms with E-state index in [1.165, 1.54) is 12.1 Å². The minimum Gasteiger partial charge on any atom is -0.386 e. The van der Waals surface area contributed by atoms with Crippen molar-refractivity contribution in [1.29, 1.82) is 0 Å². The molecule has 15 heavy (non-hydrogen) atoms. The van der Waals surface area contributed by atoms with E-state index >= 15 is 0 Å². The molecule has 0 spiro atoms. The lowest BCUT2D eigenvalue weighted by atomic mass is 9.97. The zero-order valence-corrected chi connectivity index (χ0v) is 9.80. The number of primary sulfonamides is 1. The van der Waals surface area contributed by atoms with Crippen molar-refractivity contribution in [1.82, 2.24) is 0 Å². The van der Waals surface area contributed by atoms with Crippen molar-refractivity contribution in [3.8, 4) is 0 Å². The summed E-state index contributed by atoms with van der Waals surface area (Å²) in [5, 5.41) is 14.8. The predicted molar refractivity (Wildman–Crippen MR) is 57.8 cm³/mol. The summed E-state index contributed by atoms with van der Waals surface area (Å²) in [7, 11) is -3.72. The number of rotatable bonds is 2. The third-order valence-electron chi connectivity index (χ3n) is 2.09. The number of hydrogen-bond acceptors (Lipinski definition) is 3. The highest BCUT2D eigenvalue weighted by Gasteiger charge is 2.19. The van der Waals surface area contributed by atoms with Gasteiger partial charge in [0, 0.05) is 0 Å². The maximum atomic E-state index is 11.2. The number of hydrogen-bond donors (Lipinski definition) is 2. The van der Waals surface area contributed by atoms with Crippen molar-refractivity contribution >= 4 is 10.0 Å². The van der Waals surface area contributed by atoms with Gasteiger partial charge in [0.15, 0.2) is 0 Å². The molecule has 1 aromatic rings. The Balaban J connectivity index is 3.43. The van der Waals surface area contributed by atoms with Gasteiger partial charge in [-0.3, -0.25) is 0 Å². The van der Waals surface area contributed by atoms with Crippen LogP contribution in [0, 0.1) is 6.92 Å². The number of nitrogens with two attached hydrogens (primary N) is 1. The Hall–Kier alpha value is -0.910. The first-order valence-corrected chi connectivity index (χ1v) is 6.03. The van der Waals surface area contributed by atoms with Gasteiger partial charge in [-0.05, 0) is 44.0 Å². The molecule has 0 saturated heterocycles. The highest BCUT2D eigenvalue weighted by molar-refractivity contribution is 7.89. The van der Waals surface area contributed by atoms with Gasteiger partial charge in [-0.1, -0.05) is 6.07 Å². The van der Waals surface area contributed by atoms with Crippen LogP contribution in [0.15, 0.2) is 23.1 Å².